The molecule has 3 heterocycles. The van der Waals surface area contributed by atoms with Gasteiger partial charge in [0.2, 0.25) is 5.91 Å². The largest absolute Gasteiger partial charge is 0.345 e. The van der Waals surface area contributed by atoms with Crippen LogP contribution in [0.4, 0.5) is 5.82 Å². The van der Waals surface area contributed by atoms with E-state index in [-0.39, 0.29) is 17.5 Å². The second kappa shape index (κ2) is 6.16. The van der Waals surface area contributed by atoms with Crippen molar-refractivity contribution in [1.29, 1.82) is 0 Å². The summed E-state index contributed by atoms with van der Waals surface area (Å²) in [5.41, 5.74) is 0.829. The van der Waals surface area contributed by atoms with Crippen LogP contribution in [0.15, 0.2) is 11.0 Å². The van der Waals surface area contributed by atoms with Gasteiger partial charge >= 0.3 is 5.69 Å². The lowest BCUT2D eigenvalue weighted by Gasteiger charge is -2.23. The topological polar surface area (TPSA) is 86.7 Å². The molecule has 134 valence electrons. The fraction of sp³-hybridized carbons (Fsp3) is 0.647. The van der Waals surface area contributed by atoms with Gasteiger partial charge in [-0.15, -0.1) is 0 Å². The maximum atomic E-state index is 12.8. The van der Waals surface area contributed by atoms with Crippen LogP contribution < -0.4 is 11.0 Å². The van der Waals surface area contributed by atoms with Gasteiger partial charge in [0, 0.05) is 25.6 Å². The number of nitrogens with zero attached hydrogens (tertiary/aromatic N) is 5. The standard InChI is InChI=1S/C17H24N6O2/c1-11-9-18-23(13-5-3-4-6-13)15(11)19-16(24)12-7-8-14-20-21(2)17(25)22(14)10-12/h9,12-13H,3-8,10H2,1-2H3,(H,19,24). The van der Waals surface area contributed by atoms with E-state index in [1.165, 1.54) is 17.5 Å². The van der Waals surface area contributed by atoms with Gasteiger partial charge in [-0.3, -0.25) is 9.36 Å². The molecule has 1 aliphatic carbocycles. The van der Waals surface area contributed by atoms with Gasteiger partial charge in [-0.1, -0.05) is 12.8 Å². The number of fused-ring (bicyclic) bond motifs is 1. The Balaban J connectivity index is 1.52. The van der Waals surface area contributed by atoms with E-state index < -0.39 is 0 Å². The average molecular weight is 344 g/mol. The van der Waals surface area contributed by atoms with Gasteiger partial charge in [-0.25, -0.2) is 14.2 Å². The molecule has 1 saturated carbocycles. The normalized spacial score (nSPS) is 20.6. The number of hydrogen-bond donors (Lipinski definition) is 1. The molecule has 1 aliphatic heterocycles. The smallest absolute Gasteiger partial charge is 0.310 e. The van der Waals surface area contributed by atoms with Gasteiger partial charge < -0.3 is 5.32 Å². The van der Waals surface area contributed by atoms with E-state index in [1.807, 2.05) is 17.8 Å². The number of anilines is 1. The summed E-state index contributed by atoms with van der Waals surface area (Å²) in [6.45, 7) is 2.36. The van der Waals surface area contributed by atoms with Crippen molar-refractivity contribution in [2.24, 2.45) is 13.0 Å². The molecule has 25 heavy (non-hydrogen) atoms. The van der Waals surface area contributed by atoms with Crippen molar-refractivity contribution >= 4 is 11.7 Å². The van der Waals surface area contributed by atoms with Gasteiger partial charge in [0.25, 0.3) is 0 Å². The highest BCUT2D eigenvalue weighted by Gasteiger charge is 2.29. The number of aryl methyl sites for hydroxylation is 3. The summed E-state index contributed by atoms with van der Waals surface area (Å²) in [5.74, 6) is 1.31. The summed E-state index contributed by atoms with van der Waals surface area (Å²) >= 11 is 0. The van der Waals surface area contributed by atoms with Crippen LogP contribution in [-0.4, -0.2) is 30.0 Å². The summed E-state index contributed by atoms with van der Waals surface area (Å²) in [6, 6.07) is 0.378. The molecule has 1 fully saturated rings. The van der Waals surface area contributed by atoms with E-state index >= 15 is 0 Å². The molecule has 0 radical (unpaired) electrons. The lowest BCUT2D eigenvalue weighted by atomic mass is 9.98. The number of aromatic nitrogens is 5. The minimum atomic E-state index is -0.222. The van der Waals surface area contributed by atoms with E-state index in [0.717, 1.165) is 30.0 Å². The quantitative estimate of drug-likeness (QED) is 0.912. The van der Waals surface area contributed by atoms with Gasteiger partial charge in [-0.2, -0.15) is 10.2 Å². The predicted molar refractivity (Wildman–Crippen MR) is 92.4 cm³/mol. The van der Waals surface area contributed by atoms with Crippen molar-refractivity contribution in [3.8, 4) is 0 Å². The van der Waals surface area contributed by atoms with Crippen LogP contribution in [0.2, 0.25) is 0 Å². The Bertz CT molecular complexity index is 855. The Kier molecular flexibility index (Phi) is 3.97. The SMILES string of the molecule is Cc1cnn(C2CCCC2)c1NC(=O)C1CCc2nn(C)c(=O)n2C1. The number of hydrogen-bond acceptors (Lipinski definition) is 4. The number of carbonyl (C=O) groups excluding carboxylic acids is 1. The molecule has 1 amide bonds. The zero-order valence-electron chi connectivity index (χ0n) is 14.7. The number of carbonyl (C=O) groups is 1. The summed E-state index contributed by atoms with van der Waals surface area (Å²) < 4.78 is 4.94. The molecule has 1 N–H and O–H groups in total. The van der Waals surface area contributed by atoms with Gasteiger partial charge in [0.05, 0.1) is 18.2 Å². The minimum Gasteiger partial charge on any atom is -0.310 e. The molecule has 8 nitrogen and oxygen atoms in total. The fourth-order valence-electron chi connectivity index (χ4n) is 4.00. The maximum absolute atomic E-state index is 12.8. The average Bonchev–Trinajstić information content (AvgIpc) is 3.30. The van der Waals surface area contributed by atoms with E-state index in [0.29, 0.717) is 25.4 Å². The maximum Gasteiger partial charge on any atom is 0.345 e. The Labute approximate surface area is 145 Å². The van der Waals surface area contributed by atoms with E-state index in [2.05, 4.69) is 15.5 Å². The van der Waals surface area contributed by atoms with Crippen molar-refractivity contribution < 1.29 is 4.79 Å². The number of nitrogens with one attached hydrogen (secondary N) is 1. The summed E-state index contributed by atoms with van der Waals surface area (Å²) in [4.78, 5) is 24.9. The van der Waals surface area contributed by atoms with Crippen LogP contribution in [-0.2, 0) is 24.8 Å². The van der Waals surface area contributed by atoms with Crippen molar-refractivity contribution in [1.82, 2.24) is 24.1 Å². The van der Waals surface area contributed by atoms with E-state index in [4.69, 9.17) is 0 Å². The third-order valence-corrected chi connectivity index (χ3v) is 5.47. The van der Waals surface area contributed by atoms with Crippen LogP contribution in [0.1, 0.15) is 49.5 Å². The minimum absolute atomic E-state index is 0.0377. The Hall–Kier alpha value is -2.38. The van der Waals surface area contributed by atoms with Crippen LogP contribution in [0.3, 0.4) is 0 Å². The molecule has 0 bridgehead atoms. The molecule has 0 saturated heterocycles. The first-order valence-electron chi connectivity index (χ1n) is 9.02. The first-order valence-corrected chi connectivity index (χ1v) is 9.02. The molecule has 2 aromatic heterocycles. The Morgan fingerprint density at radius 3 is 2.80 bits per heavy atom. The molecule has 8 heteroatoms. The lowest BCUT2D eigenvalue weighted by Crippen LogP contribution is -2.36. The van der Waals surface area contributed by atoms with Crippen molar-refractivity contribution in [3.05, 3.63) is 28.1 Å². The third kappa shape index (κ3) is 2.79. The molecule has 0 aromatic carbocycles. The molecular weight excluding hydrogens is 320 g/mol. The first-order chi connectivity index (χ1) is 12.0. The highest BCUT2D eigenvalue weighted by atomic mass is 16.2. The monoisotopic (exact) mass is 344 g/mol. The highest BCUT2D eigenvalue weighted by Crippen LogP contribution is 2.32. The molecule has 4 rings (SSSR count). The van der Waals surface area contributed by atoms with Crippen LogP contribution in [0, 0.1) is 12.8 Å². The Morgan fingerprint density at radius 2 is 2.04 bits per heavy atom. The molecule has 1 unspecified atom stereocenters. The van der Waals surface area contributed by atoms with Crippen molar-refractivity contribution in [2.75, 3.05) is 5.32 Å². The molecule has 1 atom stereocenters. The van der Waals surface area contributed by atoms with Gasteiger partial charge in [-0.05, 0) is 26.2 Å². The van der Waals surface area contributed by atoms with Crippen LogP contribution in [0.25, 0.3) is 0 Å². The second-order valence-corrected chi connectivity index (χ2v) is 7.22. The predicted octanol–water partition coefficient (Wildman–Crippen LogP) is 1.40. The zero-order valence-corrected chi connectivity index (χ0v) is 14.7. The fourth-order valence-corrected chi connectivity index (χ4v) is 4.00. The Morgan fingerprint density at radius 1 is 1.28 bits per heavy atom. The van der Waals surface area contributed by atoms with E-state index in [9.17, 15) is 9.59 Å². The number of amides is 1. The summed E-state index contributed by atoms with van der Waals surface area (Å²) in [6.07, 6.45) is 7.83. The summed E-state index contributed by atoms with van der Waals surface area (Å²) in [5, 5.41) is 11.8. The summed E-state index contributed by atoms with van der Waals surface area (Å²) in [7, 11) is 1.65. The number of rotatable bonds is 3. The van der Waals surface area contributed by atoms with Crippen molar-refractivity contribution in [2.45, 2.75) is 58.0 Å². The van der Waals surface area contributed by atoms with Crippen LogP contribution >= 0.6 is 0 Å². The molecular formula is C17H24N6O2. The third-order valence-electron chi connectivity index (χ3n) is 5.47. The van der Waals surface area contributed by atoms with Crippen molar-refractivity contribution in [3.63, 3.8) is 0 Å². The molecule has 2 aliphatic rings. The first kappa shape index (κ1) is 16.1. The molecule has 2 aromatic rings. The van der Waals surface area contributed by atoms with Crippen LogP contribution in [0.5, 0.6) is 0 Å². The van der Waals surface area contributed by atoms with Gasteiger partial charge in [0.1, 0.15) is 11.6 Å². The van der Waals surface area contributed by atoms with Gasteiger partial charge in [0.15, 0.2) is 0 Å². The lowest BCUT2D eigenvalue weighted by molar-refractivity contribution is -0.120. The zero-order chi connectivity index (χ0) is 17.6. The molecule has 0 spiro atoms. The van der Waals surface area contributed by atoms with E-state index in [1.54, 1.807) is 11.6 Å². The second-order valence-electron chi connectivity index (χ2n) is 7.22. The highest BCUT2D eigenvalue weighted by molar-refractivity contribution is 5.92.